The van der Waals surface area contributed by atoms with Gasteiger partial charge in [0.2, 0.25) is 0 Å². The van der Waals surface area contributed by atoms with E-state index in [1.165, 1.54) is 12.1 Å². The first-order chi connectivity index (χ1) is 8.16. The third-order valence-electron chi connectivity index (χ3n) is 2.56. The second-order valence-electron chi connectivity index (χ2n) is 3.81. The van der Waals surface area contributed by atoms with Crippen LogP contribution in [0.2, 0.25) is 0 Å². The molecule has 1 amide bonds. The fourth-order valence-electron chi connectivity index (χ4n) is 1.57. The number of nitrogens with one attached hydrogen (secondary N) is 1. The molecule has 1 aliphatic heterocycles. The summed E-state index contributed by atoms with van der Waals surface area (Å²) < 4.78 is 5.17. The number of amides is 1. The van der Waals surface area contributed by atoms with E-state index in [9.17, 15) is 9.90 Å². The van der Waals surface area contributed by atoms with Gasteiger partial charge < -0.3 is 15.6 Å². The monoisotopic (exact) mass is 237 g/mol. The summed E-state index contributed by atoms with van der Waals surface area (Å²) in [5.74, 6) is -0.346. The molecule has 4 N–H and O–H groups in total. The number of morpholine rings is 1. The summed E-state index contributed by atoms with van der Waals surface area (Å²) in [7, 11) is 0. The van der Waals surface area contributed by atoms with Crippen molar-refractivity contribution in [3.8, 4) is 5.75 Å². The van der Waals surface area contributed by atoms with E-state index in [0.29, 0.717) is 31.9 Å². The second kappa shape index (κ2) is 5.03. The largest absolute Gasteiger partial charge is 0.506 e. The Labute approximate surface area is 98.9 Å². The van der Waals surface area contributed by atoms with Crippen molar-refractivity contribution in [2.45, 2.75) is 0 Å². The predicted molar refractivity (Wildman–Crippen MR) is 62.4 cm³/mol. The van der Waals surface area contributed by atoms with Crippen molar-refractivity contribution in [3.05, 3.63) is 23.8 Å². The highest BCUT2D eigenvalue weighted by Crippen LogP contribution is 2.20. The molecule has 17 heavy (non-hydrogen) atoms. The molecule has 6 heteroatoms. The van der Waals surface area contributed by atoms with Crippen LogP contribution in [-0.2, 0) is 4.74 Å². The molecule has 1 aliphatic rings. The topological polar surface area (TPSA) is 87.8 Å². The van der Waals surface area contributed by atoms with E-state index >= 15 is 0 Å². The van der Waals surface area contributed by atoms with E-state index in [-0.39, 0.29) is 17.3 Å². The molecule has 2 rings (SSSR count). The number of phenols is 1. The molecule has 0 spiro atoms. The minimum atomic E-state index is -0.262. The quantitative estimate of drug-likeness (QED) is 0.496. The molecule has 0 aliphatic carbocycles. The van der Waals surface area contributed by atoms with Gasteiger partial charge in [-0.05, 0) is 18.2 Å². The van der Waals surface area contributed by atoms with E-state index in [1.807, 2.05) is 0 Å². The van der Waals surface area contributed by atoms with Crippen molar-refractivity contribution >= 4 is 11.6 Å². The zero-order valence-electron chi connectivity index (χ0n) is 9.35. The van der Waals surface area contributed by atoms with Gasteiger partial charge >= 0.3 is 0 Å². The van der Waals surface area contributed by atoms with Gasteiger partial charge in [-0.2, -0.15) is 0 Å². The summed E-state index contributed by atoms with van der Waals surface area (Å²) in [6.07, 6.45) is 0. The number of carbonyl (C=O) groups excluding carboxylic acids is 1. The summed E-state index contributed by atoms with van der Waals surface area (Å²) in [6.45, 7) is 2.53. The fraction of sp³-hybridized carbons (Fsp3) is 0.364. The fourth-order valence-corrected chi connectivity index (χ4v) is 1.57. The average molecular weight is 237 g/mol. The molecule has 1 aromatic rings. The number of hydrogen-bond donors (Lipinski definition) is 3. The van der Waals surface area contributed by atoms with Gasteiger partial charge in [0.05, 0.1) is 18.9 Å². The van der Waals surface area contributed by atoms with Crippen LogP contribution < -0.4 is 11.2 Å². The van der Waals surface area contributed by atoms with Gasteiger partial charge in [0, 0.05) is 18.7 Å². The SMILES string of the molecule is Nc1ccc(C(=O)NN2CCOCC2)cc1O. The number of carbonyl (C=O) groups is 1. The van der Waals surface area contributed by atoms with Gasteiger partial charge in [-0.1, -0.05) is 0 Å². The highest BCUT2D eigenvalue weighted by Gasteiger charge is 2.14. The second-order valence-corrected chi connectivity index (χ2v) is 3.81. The average Bonchev–Trinajstić information content (AvgIpc) is 2.34. The van der Waals surface area contributed by atoms with E-state index in [2.05, 4.69) is 5.43 Å². The van der Waals surface area contributed by atoms with Crippen LogP contribution in [0.1, 0.15) is 10.4 Å². The first-order valence-electron chi connectivity index (χ1n) is 5.39. The molecule has 0 saturated carbocycles. The number of ether oxygens (including phenoxy) is 1. The van der Waals surface area contributed by atoms with E-state index in [1.54, 1.807) is 11.1 Å². The van der Waals surface area contributed by atoms with Gasteiger partial charge in [0.25, 0.3) is 5.91 Å². The van der Waals surface area contributed by atoms with Crippen molar-refractivity contribution in [3.63, 3.8) is 0 Å². The lowest BCUT2D eigenvalue weighted by Crippen LogP contribution is -2.48. The van der Waals surface area contributed by atoms with Crippen LogP contribution in [0.25, 0.3) is 0 Å². The number of benzene rings is 1. The number of rotatable bonds is 2. The molecule has 6 nitrogen and oxygen atoms in total. The summed E-state index contributed by atoms with van der Waals surface area (Å²) in [4.78, 5) is 11.8. The van der Waals surface area contributed by atoms with Gasteiger partial charge in [-0.25, -0.2) is 5.01 Å². The summed E-state index contributed by atoms with van der Waals surface area (Å²) in [5.41, 5.74) is 8.84. The Morgan fingerprint density at radius 1 is 1.41 bits per heavy atom. The molecule has 0 aromatic heterocycles. The molecular formula is C11H15N3O3. The number of phenolic OH excluding ortho intramolecular Hbond substituents is 1. The van der Waals surface area contributed by atoms with Crippen LogP contribution in [-0.4, -0.2) is 42.3 Å². The first kappa shape index (κ1) is 11.7. The zero-order valence-corrected chi connectivity index (χ0v) is 9.35. The first-order valence-corrected chi connectivity index (χ1v) is 5.39. The molecule has 0 radical (unpaired) electrons. The maximum Gasteiger partial charge on any atom is 0.265 e. The Morgan fingerprint density at radius 3 is 2.76 bits per heavy atom. The molecule has 0 bridgehead atoms. The lowest BCUT2D eigenvalue weighted by Gasteiger charge is -2.26. The van der Waals surface area contributed by atoms with Crippen molar-refractivity contribution in [2.75, 3.05) is 32.0 Å². The van der Waals surface area contributed by atoms with Crippen molar-refractivity contribution in [2.24, 2.45) is 0 Å². The van der Waals surface area contributed by atoms with Crippen LogP contribution >= 0.6 is 0 Å². The van der Waals surface area contributed by atoms with Gasteiger partial charge in [0.15, 0.2) is 0 Å². The van der Waals surface area contributed by atoms with E-state index < -0.39 is 0 Å². The Hall–Kier alpha value is -1.79. The van der Waals surface area contributed by atoms with Crippen LogP contribution in [0.4, 0.5) is 5.69 Å². The van der Waals surface area contributed by atoms with E-state index in [4.69, 9.17) is 10.5 Å². The van der Waals surface area contributed by atoms with Gasteiger partial charge in [-0.15, -0.1) is 0 Å². The molecule has 92 valence electrons. The molecule has 1 fully saturated rings. The molecule has 1 heterocycles. The normalized spacial score (nSPS) is 16.7. The number of hydrazine groups is 1. The minimum Gasteiger partial charge on any atom is -0.506 e. The van der Waals surface area contributed by atoms with E-state index in [0.717, 1.165) is 0 Å². The highest BCUT2D eigenvalue weighted by atomic mass is 16.5. The number of nitrogens with zero attached hydrogens (tertiary/aromatic N) is 1. The number of nitrogens with two attached hydrogens (primary N) is 1. The lowest BCUT2D eigenvalue weighted by atomic mass is 10.2. The Kier molecular flexibility index (Phi) is 3.46. The third kappa shape index (κ3) is 2.86. The van der Waals surface area contributed by atoms with Crippen molar-refractivity contribution in [1.82, 2.24) is 10.4 Å². The van der Waals surface area contributed by atoms with Crippen LogP contribution in [0.5, 0.6) is 5.75 Å². The number of anilines is 1. The van der Waals surface area contributed by atoms with Gasteiger partial charge in [-0.3, -0.25) is 10.2 Å². The van der Waals surface area contributed by atoms with Crippen molar-refractivity contribution < 1.29 is 14.6 Å². The molecule has 1 aromatic carbocycles. The summed E-state index contributed by atoms with van der Waals surface area (Å²) >= 11 is 0. The Morgan fingerprint density at radius 2 is 2.12 bits per heavy atom. The Bertz CT molecular complexity index is 416. The predicted octanol–water partition coefficient (Wildman–Crippen LogP) is -0.0486. The van der Waals surface area contributed by atoms with Crippen LogP contribution in [0, 0.1) is 0 Å². The zero-order chi connectivity index (χ0) is 12.3. The standard InChI is InChI=1S/C11H15N3O3/c12-9-2-1-8(7-10(9)15)11(16)13-14-3-5-17-6-4-14/h1-2,7,15H,3-6,12H2,(H,13,16). The van der Waals surface area contributed by atoms with Gasteiger partial charge in [0.1, 0.15) is 5.75 Å². The molecule has 1 saturated heterocycles. The summed E-state index contributed by atoms with van der Waals surface area (Å²) in [5, 5.41) is 11.2. The number of nitrogen functional groups attached to an aromatic ring is 1. The minimum absolute atomic E-state index is 0.0837. The highest BCUT2D eigenvalue weighted by molar-refractivity contribution is 5.94. The number of hydrogen-bond acceptors (Lipinski definition) is 5. The number of aromatic hydroxyl groups is 1. The molecular weight excluding hydrogens is 222 g/mol. The Balaban J connectivity index is 2.01. The molecule has 0 unspecified atom stereocenters. The maximum absolute atomic E-state index is 11.8. The summed E-state index contributed by atoms with van der Waals surface area (Å²) in [6, 6.07) is 4.43. The molecule has 0 atom stereocenters. The van der Waals surface area contributed by atoms with Crippen LogP contribution in [0.15, 0.2) is 18.2 Å². The smallest absolute Gasteiger partial charge is 0.265 e. The van der Waals surface area contributed by atoms with Crippen molar-refractivity contribution in [1.29, 1.82) is 0 Å². The van der Waals surface area contributed by atoms with Crippen LogP contribution in [0.3, 0.4) is 0 Å². The lowest BCUT2D eigenvalue weighted by molar-refractivity contribution is 0.0126. The maximum atomic E-state index is 11.8. The third-order valence-corrected chi connectivity index (χ3v) is 2.56.